The highest BCUT2D eigenvalue weighted by Gasteiger charge is 2.41. The lowest BCUT2D eigenvalue weighted by atomic mass is 9.69. The van der Waals surface area contributed by atoms with Gasteiger partial charge in [-0.15, -0.1) is 0 Å². The number of aliphatic carboxylic acids is 2. The number of nitrogens with zero attached hydrogens (tertiary/aromatic N) is 1. The third kappa shape index (κ3) is 3.51. The van der Waals surface area contributed by atoms with E-state index in [0.29, 0.717) is 5.58 Å². The Morgan fingerprint density at radius 3 is 2.28 bits per heavy atom. The van der Waals surface area contributed by atoms with Gasteiger partial charge < -0.3 is 19.5 Å². The summed E-state index contributed by atoms with van der Waals surface area (Å²) in [7, 11) is 0. The van der Waals surface area contributed by atoms with Crippen LogP contribution in [0.25, 0.3) is 17.0 Å². The van der Waals surface area contributed by atoms with Gasteiger partial charge in [-0.1, -0.05) is 33.8 Å². The van der Waals surface area contributed by atoms with Crippen molar-refractivity contribution in [3.63, 3.8) is 0 Å². The average molecular weight is 437 g/mol. The van der Waals surface area contributed by atoms with Crippen LogP contribution in [-0.2, 0) is 20.4 Å². The minimum Gasteiger partial charge on any atom is -0.477 e. The van der Waals surface area contributed by atoms with Crippen LogP contribution in [0.4, 0.5) is 5.69 Å². The lowest BCUT2D eigenvalue weighted by Gasteiger charge is -2.48. The fourth-order valence-electron chi connectivity index (χ4n) is 4.77. The van der Waals surface area contributed by atoms with Gasteiger partial charge in [-0.05, 0) is 53.5 Å². The number of anilines is 1. The summed E-state index contributed by atoms with van der Waals surface area (Å²) in [6.07, 6.45) is 5.57. The topological polar surface area (TPSA) is 108 Å². The molecule has 0 unspecified atom stereocenters. The number of rotatable bonds is 4. The lowest BCUT2D eigenvalue weighted by Crippen LogP contribution is -2.44. The molecule has 7 heteroatoms. The normalized spacial score (nSPS) is 18.4. The Kier molecular flexibility index (Phi) is 5.03. The maximum atomic E-state index is 12.8. The number of carbonyl (C=O) groups is 2. The number of benzene rings is 1. The molecule has 0 amide bonds. The van der Waals surface area contributed by atoms with Crippen molar-refractivity contribution < 1.29 is 24.2 Å². The minimum atomic E-state index is -1.55. The molecule has 2 N–H and O–H groups in total. The first-order chi connectivity index (χ1) is 14.9. The van der Waals surface area contributed by atoms with E-state index in [9.17, 15) is 14.4 Å². The second-order valence-corrected chi connectivity index (χ2v) is 9.86. The summed E-state index contributed by atoms with van der Waals surface area (Å²) in [6, 6.07) is 3.83. The second-order valence-electron chi connectivity index (χ2n) is 9.86. The van der Waals surface area contributed by atoms with Gasteiger partial charge in [0.1, 0.15) is 11.2 Å². The van der Waals surface area contributed by atoms with Gasteiger partial charge in [0.05, 0.1) is 5.56 Å². The van der Waals surface area contributed by atoms with E-state index in [4.69, 9.17) is 14.6 Å². The van der Waals surface area contributed by atoms with E-state index >= 15 is 0 Å². The first-order valence-electron chi connectivity index (χ1n) is 10.7. The van der Waals surface area contributed by atoms with Crippen LogP contribution in [-0.4, -0.2) is 35.2 Å². The summed E-state index contributed by atoms with van der Waals surface area (Å²) in [5, 5.41) is 18.7. The molecule has 1 aromatic carbocycles. The van der Waals surface area contributed by atoms with Crippen molar-refractivity contribution in [3.05, 3.63) is 57.0 Å². The van der Waals surface area contributed by atoms with Crippen LogP contribution >= 0.6 is 0 Å². The van der Waals surface area contributed by atoms with Crippen LogP contribution in [0.3, 0.4) is 0 Å². The van der Waals surface area contributed by atoms with Gasteiger partial charge in [-0.3, -0.25) is 0 Å². The van der Waals surface area contributed by atoms with E-state index in [-0.39, 0.29) is 16.4 Å². The molecule has 2 aromatic rings. The lowest BCUT2D eigenvalue weighted by molar-refractivity contribution is -0.140. The molecule has 1 aromatic heterocycles. The van der Waals surface area contributed by atoms with Crippen LogP contribution in [0.15, 0.2) is 39.1 Å². The molecule has 0 bridgehead atoms. The van der Waals surface area contributed by atoms with Gasteiger partial charge in [0, 0.05) is 29.7 Å². The summed E-state index contributed by atoms with van der Waals surface area (Å²) >= 11 is 0. The standard InChI is InChI=1S/C25H27NO6/c1-24(2)8-10-26-11-9-25(3,4)18-19(26)17(24)13-15-12-14(23(31)32-20(15)18)6-5-7-16(21(27)28)22(29)30/h5-7,12-13H,8-11H2,1-4H3,(H,27,28)(H,29,30). The van der Waals surface area contributed by atoms with E-state index in [2.05, 4.69) is 38.7 Å². The third-order valence-corrected chi connectivity index (χ3v) is 6.76. The average Bonchev–Trinajstić information content (AvgIpc) is 2.68. The van der Waals surface area contributed by atoms with Crippen molar-refractivity contribution in [2.45, 2.75) is 51.4 Å². The fourth-order valence-corrected chi connectivity index (χ4v) is 4.77. The van der Waals surface area contributed by atoms with Crippen molar-refractivity contribution in [2.75, 3.05) is 18.0 Å². The molecule has 0 radical (unpaired) electrons. The Bertz CT molecular complexity index is 1240. The number of hydrogen-bond donors (Lipinski definition) is 2. The second kappa shape index (κ2) is 7.36. The molecule has 0 saturated carbocycles. The molecule has 2 aliphatic rings. The Morgan fingerprint density at radius 2 is 1.66 bits per heavy atom. The summed E-state index contributed by atoms with van der Waals surface area (Å²) in [5.74, 6) is -3.10. The summed E-state index contributed by atoms with van der Waals surface area (Å²) in [6.45, 7) is 10.8. The molecule has 0 spiro atoms. The number of fused-ring (bicyclic) bond motifs is 2. The molecule has 0 atom stereocenters. The molecule has 32 heavy (non-hydrogen) atoms. The van der Waals surface area contributed by atoms with Gasteiger partial charge in [0.2, 0.25) is 0 Å². The summed E-state index contributed by atoms with van der Waals surface area (Å²) in [5.41, 5.74) is 2.81. The van der Waals surface area contributed by atoms with Crippen LogP contribution < -0.4 is 10.5 Å². The van der Waals surface area contributed by atoms with Crippen LogP contribution in [0.1, 0.15) is 57.2 Å². The molecule has 0 aliphatic carbocycles. The van der Waals surface area contributed by atoms with Crippen molar-refractivity contribution in [3.8, 4) is 0 Å². The zero-order valence-electron chi connectivity index (χ0n) is 18.7. The van der Waals surface area contributed by atoms with Gasteiger partial charge in [-0.25, -0.2) is 14.4 Å². The molecular formula is C25H27NO6. The van der Waals surface area contributed by atoms with Gasteiger partial charge in [-0.2, -0.15) is 0 Å². The van der Waals surface area contributed by atoms with E-state index < -0.39 is 23.1 Å². The predicted molar refractivity (Wildman–Crippen MR) is 122 cm³/mol. The zero-order chi connectivity index (χ0) is 23.4. The van der Waals surface area contributed by atoms with E-state index in [0.717, 1.165) is 43.0 Å². The Labute approximate surface area is 185 Å². The monoisotopic (exact) mass is 437 g/mol. The maximum absolute atomic E-state index is 12.8. The highest BCUT2D eigenvalue weighted by molar-refractivity contribution is 6.12. The summed E-state index contributed by atoms with van der Waals surface area (Å²) in [4.78, 5) is 37.2. The molecule has 3 heterocycles. The molecule has 0 saturated heterocycles. The third-order valence-electron chi connectivity index (χ3n) is 6.76. The van der Waals surface area contributed by atoms with Crippen molar-refractivity contribution in [2.24, 2.45) is 0 Å². The van der Waals surface area contributed by atoms with Crippen molar-refractivity contribution >= 4 is 34.7 Å². The Balaban J connectivity index is 1.93. The minimum absolute atomic E-state index is 0.0189. The molecule has 0 fully saturated rings. The van der Waals surface area contributed by atoms with Crippen LogP contribution in [0, 0.1) is 0 Å². The number of hydrogen-bond acceptors (Lipinski definition) is 5. The van der Waals surface area contributed by atoms with Gasteiger partial charge in [0.15, 0.2) is 0 Å². The first kappa shape index (κ1) is 21.9. The van der Waals surface area contributed by atoms with Crippen molar-refractivity contribution in [1.82, 2.24) is 0 Å². The molecule has 7 nitrogen and oxygen atoms in total. The highest BCUT2D eigenvalue weighted by atomic mass is 16.4. The van der Waals surface area contributed by atoms with Gasteiger partial charge in [0.25, 0.3) is 0 Å². The number of carboxylic acids is 2. The largest absolute Gasteiger partial charge is 0.477 e. The predicted octanol–water partition coefficient (Wildman–Crippen LogP) is 4.07. The van der Waals surface area contributed by atoms with Gasteiger partial charge >= 0.3 is 17.6 Å². The highest BCUT2D eigenvalue weighted by Crippen LogP contribution is 2.51. The number of allylic oxidation sites excluding steroid dienone is 2. The van der Waals surface area contributed by atoms with E-state index in [1.807, 2.05) is 0 Å². The smallest absolute Gasteiger partial charge is 0.343 e. The Hall–Kier alpha value is -3.35. The van der Waals surface area contributed by atoms with Crippen LogP contribution in [0.5, 0.6) is 0 Å². The molecule has 4 rings (SSSR count). The SMILES string of the molecule is CC1(C)CCN2CCC(C)(C)c3c2c1cc1cc(C=CC=C(C(=O)O)C(=O)O)c(=O)oc31. The molecular weight excluding hydrogens is 410 g/mol. The Morgan fingerprint density at radius 1 is 1.03 bits per heavy atom. The number of carboxylic acid groups (broad SMARTS) is 2. The summed E-state index contributed by atoms with van der Waals surface area (Å²) < 4.78 is 5.83. The zero-order valence-corrected chi connectivity index (χ0v) is 18.7. The van der Waals surface area contributed by atoms with Crippen molar-refractivity contribution in [1.29, 1.82) is 0 Å². The fraction of sp³-hybridized carbons (Fsp3) is 0.400. The maximum Gasteiger partial charge on any atom is 0.343 e. The molecule has 2 aliphatic heterocycles. The van der Waals surface area contributed by atoms with Crippen LogP contribution in [0.2, 0.25) is 0 Å². The quantitative estimate of drug-likeness (QED) is 0.244. The van der Waals surface area contributed by atoms with E-state index in [1.165, 1.54) is 23.4 Å². The first-order valence-corrected chi connectivity index (χ1v) is 10.7. The molecule has 168 valence electrons. The van der Waals surface area contributed by atoms with E-state index in [1.54, 1.807) is 6.07 Å².